The Balaban J connectivity index is 3.18. The Morgan fingerprint density at radius 1 is 1.29 bits per heavy atom. The number of carbonyl (C=O) groups is 1. The minimum Gasteiger partial charge on any atom is -0.275 e. The number of carbonyl (C=O) groups excluding carboxylic acids is 1. The molecule has 0 aliphatic heterocycles. The lowest BCUT2D eigenvalue weighted by atomic mass is 9.90. The summed E-state index contributed by atoms with van der Waals surface area (Å²) in [6.07, 6.45) is 3.39. The lowest BCUT2D eigenvalue weighted by Crippen LogP contribution is -2.47. The first-order valence-corrected chi connectivity index (χ1v) is 4.95. The van der Waals surface area contributed by atoms with Crippen molar-refractivity contribution in [1.82, 2.24) is 16.3 Å². The highest BCUT2D eigenvalue weighted by molar-refractivity contribution is 5.72. The summed E-state index contributed by atoms with van der Waals surface area (Å²) in [5, 5.41) is 0. The first-order valence-electron chi connectivity index (χ1n) is 4.95. The van der Waals surface area contributed by atoms with Crippen molar-refractivity contribution in [2.24, 2.45) is 11.3 Å². The summed E-state index contributed by atoms with van der Waals surface area (Å²) in [6, 6.07) is -0.416. The second-order valence-corrected chi connectivity index (χ2v) is 4.54. The number of hydrogen-bond donors (Lipinski definition) is 4. The van der Waals surface area contributed by atoms with Crippen LogP contribution in [0.15, 0.2) is 0 Å². The van der Waals surface area contributed by atoms with Crippen molar-refractivity contribution >= 4 is 6.03 Å². The van der Waals surface area contributed by atoms with Gasteiger partial charge in [-0.2, -0.15) is 0 Å². The van der Waals surface area contributed by atoms with Crippen LogP contribution in [0.4, 0.5) is 4.79 Å². The zero-order chi connectivity index (χ0) is 11.0. The van der Waals surface area contributed by atoms with E-state index in [1.165, 1.54) is 6.42 Å². The quantitative estimate of drug-likeness (QED) is 0.231. The van der Waals surface area contributed by atoms with Gasteiger partial charge in [0.15, 0.2) is 0 Å². The van der Waals surface area contributed by atoms with Gasteiger partial charge in [-0.3, -0.25) is 10.9 Å². The lowest BCUT2D eigenvalue weighted by Gasteiger charge is -2.17. The van der Waals surface area contributed by atoms with Crippen molar-refractivity contribution in [3.63, 3.8) is 0 Å². The van der Waals surface area contributed by atoms with Crippen LogP contribution in [0.5, 0.6) is 0 Å². The van der Waals surface area contributed by atoms with Crippen molar-refractivity contribution in [1.29, 1.82) is 0 Å². The SMILES string of the molecule is CC(C)(C)CCCCNNC(=O)NN. The van der Waals surface area contributed by atoms with Crippen LogP contribution >= 0.6 is 0 Å². The average molecular weight is 202 g/mol. The van der Waals surface area contributed by atoms with Crippen LogP contribution in [-0.2, 0) is 0 Å². The van der Waals surface area contributed by atoms with Gasteiger partial charge < -0.3 is 0 Å². The number of unbranched alkanes of at least 4 members (excludes halogenated alkanes) is 1. The Morgan fingerprint density at radius 2 is 1.93 bits per heavy atom. The van der Waals surface area contributed by atoms with E-state index in [0.29, 0.717) is 5.41 Å². The van der Waals surface area contributed by atoms with Gasteiger partial charge in [-0.1, -0.05) is 27.2 Å². The average Bonchev–Trinajstić information content (AvgIpc) is 2.08. The maximum Gasteiger partial charge on any atom is 0.343 e. The van der Waals surface area contributed by atoms with Gasteiger partial charge in [0.25, 0.3) is 0 Å². The fourth-order valence-electron chi connectivity index (χ4n) is 1.05. The smallest absolute Gasteiger partial charge is 0.275 e. The molecule has 2 amide bonds. The number of amides is 2. The molecular formula is C9H22N4O. The van der Waals surface area contributed by atoms with Crippen molar-refractivity contribution in [3.8, 4) is 0 Å². The molecule has 14 heavy (non-hydrogen) atoms. The number of urea groups is 1. The fraction of sp³-hybridized carbons (Fsp3) is 0.889. The van der Waals surface area contributed by atoms with Gasteiger partial charge in [0, 0.05) is 6.54 Å². The molecule has 0 aromatic rings. The molecular weight excluding hydrogens is 180 g/mol. The number of hydrogen-bond acceptors (Lipinski definition) is 3. The maximum absolute atomic E-state index is 10.6. The zero-order valence-corrected chi connectivity index (χ0v) is 9.31. The minimum atomic E-state index is -0.416. The standard InChI is InChI=1S/C9H22N4O/c1-9(2,3)6-4-5-7-11-13-8(14)12-10/h11H,4-7,10H2,1-3H3,(H2,12,13,14). The molecule has 0 heterocycles. The Kier molecular flexibility index (Phi) is 6.23. The predicted octanol–water partition coefficient (Wildman–Crippen LogP) is 0.880. The number of nitrogens with one attached hydrogen (secondary N) is 3. The fourth-order valence-corrected chi connectivity index (χ4v) is 1.05. The minimum absolute atomic E-state index is 0.391. The third kappa shape index (κ3) is 9.28. The van der Waals surface area contributed by atoms with Gasteiger partial charge >= 0.3 is 6.03 Å². The maximum atomic E-state index is 10.6. The normalized spacial score (nSPS) is 11.1. The molecule has 0 aliphatic carbocycles. The number of nitrogens with two attached hydrogens (primary N) is 1. The molecule has 0 aromatic heterocycles. The molecule has 0 aromatic carbocycles. The van der Waals surface area contributed by atoms with E-state index in [9.17, 15) is 4.79 Å². The van der Waals surface area contributed by atoms with Crippen LogP contribution in [-0.4, -0.2) is 12.6 Å². The van der Waals surface area contributed by atoms with Crippen molar-refractivity contribution < 1.29 is 4.79 Å². The van der Waals surface area contributed by atoms with Crippen LogP contribution in [0.3, 0.4) is 0 Å². The molecule has 0 aliphatic rings. The molecule has 5 nitrogen and oxygen atoms in total. The van der Waals surface area contributed by atoms with E-state index in [2.05, 4.69) is 31.6 Å². The summed E-state index contributed by atoms with van der Waals surface area (Å²) >= 11 is 0. The third-order valence-electron chi connectivity index (χ3n) is 1.81. The van der Waals surface area contributed by atoms with Crippen molar-refractivity contribution in [2.45, 2.75) is 40.0 Å². The van der Waals surface area contributed by atoms with Gasteiger partial charge in [-0.05, 0) is 18.3 Å². The second-order valence-electron chi connectivity index (χ2n) is 4.54. The summed E-state index contributed by atoms with van der Waals surface area (Å²) in [7, 11) is 0. The molecule has 0 saturated carbocycles. The van der Waals surface area contributed by atoms with Crippen LogP contribution < -0.4 is 22.1 Å². The molecule has 0 radical (unpaired) electrons. The monoisotopic (exact) mass is 202 g/mol. The molecule has 5 heteroatoms. The summed E-state index contributed by atoms with van der Waals surface area (Å²) in [5.41, 5.74) is 7.54. The molecule has 0 rings (SSSR count). The molecule has 0 fully saturated rings. The third-order valence-corrected chi connectivity index (χ3v) is 1.81. The summed E-state index contributed by atoms with van der Waals surface area (Å²) < 4.78 is 0. The van der Waals surface area contributed by atoms with Crippen molar-refractivity contribution in [2.75, 3.05) is 6.54 Å². The largest absolute Gasteiger partial charge is 0.343 e. The van der Waals surface area contributed by atoms with Crippen LogP contribution in [0.1, 0.15) is 40.0 Å². The highest BCUT2D eigenvalue weighted by Gasteiger charge is 2.08. The van der Waals surface area contributed by atoms with Crippen molar-refractivity contribution in [3.05, 3.63) is 0 Å². The predicted molar refractivity (Wildman–Crippen MR) is 57.2 cm³/mol. The van der Waals surface area contributed by atoms with Gasteiger partial charge in [0.1, 0.15) is 0 Å². The Bertz CT molecular complexity index is 165. The topological polar surface area (TPSA) is 79.2 Å². The zero-order valence-electron chi connectivity index (χ0n) is 9.31. The highest BCUT2D eigenvalue weighted by Crippen LogP contribution is 2.20. The Hall–Kier alpha value is -0.810. The van der Waals surface area contributed by atoms with E-state index < -0.39 is 6.03 Å². The molecule has 0 unspecified atom stereocenters. The molecule has 0 bridgehead atoms. The van der Waals surface area contributed by atoms with E-state index in [0.717, 1.165) is 19.4 Å². The first kappa shape index (κ1) is 13.2. The first-order chi connectivity index (χ1) is 6.45. The van der Waals surface area contributed by atoms with E-state index in [-0.39, 0.29) is 0 Å². The van der Waals surface area contributed by atoms with Crippen LogP contribution in [0, 0.1) is 5.41 Å². The summed E-state index contributed by atoms with van der Waals surface area (Å²) in [6.45, 7) is 7.44. The van der Waals surface area contributed by atoms with Gasteiger partial charge in [0.2, 0.25) is 0 Å². The highest BCUT2D eigenvalue weighted by atomic mass is 16.2. The summed E-state index contributed by atoms with van der Waals surface area (Å²) in [5.74, 6) is 4.87. The Labute approximate surface area is 85.8 Å². The lowest BCUT2D eigenvalue weighted by molar-refractivity contribution is 0.236. The van der Waals surface area contributed by atoms with Crippen LogP contribution in [0.2, 0.25) is 0 Å². The second kappa shape index (κ2) is 6.62. The molecule has 0 atom stereocenters. The molecule has 5 N–H and O–H groups in total. The molecule has 84 valence electrons. The van der Waals surface area contributed by atoms with E-state index in [4.69, 9.17) is 5.84 Å². The number of hydrazine groups is 2. The van der Waals surface area contributed by atoms with Gasteiger partial charge in [-0.25, -0.2) is 16.1 Å². The van der Waals surface area contributed by atoms with Gasteiger partial charge in [0.05, 0.1) is 0 Å². The van der Waals surface area contributed by atoms with E-state index in [1.807, 2.05) is 5.43 Å². The van der Waals surface area contributed by atoms with E-state index >= 15 is 0 Å². The Morgan fingerprint density at radius 3 is 2.43 bits per heavy atom. The summed E-state index contributed by atoms with van der Waals surface area (Å²) in [4.78, 5) is 10.6. The van der Waals surface area contributed by atoms with E-state index in [1.54, 1.807) is 0 Å². The molecule has 0 spiro atoms. The van der Waals surface area contributed by atoms with Crippen LogP contribution in [0.25, 0.3) is 0 Å². The molecule has 0 saturated heterocycles. The number of rotatable bonds is 5. The van der Waals surface area contributed by atoms with Gasteiger partial charge in [-0.15, -0.1) is 0 Å².